The zero-order chi connectivity index (χ0) is 15.6. The molecule has 1 aliphatic heterocycles. The van der Waals surface area contributed by atoms with E-state index in [-0.39, 0.29) is 6.54 Å². The minimum atomic E-state index is -0.894. The molecule has 21 heavy (non-hydrogen) atoms. The number of carboxylic acid groups (broad SMARTS) is 1. The maximum atomic E-state index is 13.6. The smallest absolute Gasteiger partial charge is 0.320 e. The number of nitrogens with zero attached hydrogens (tertiary/aromatic N) is 2. The standard InChI is InChI=1S/C14H17FN2O4/c1-9-4-5-16(13(6-9)14(18)19)8-10-2-3-12(17(20)21)11(15)7-10/h2-3,7,9,13H,4-6,8H2,1H3,(H,18,19). The van der Waals surface area contributed by atoms with Crippen LogP contribution in [0.2, 0.25) is 0 Å². The molecular weight excluding hydrogens is 279 g/mol. The Bertz CT molecular complexity index is 564. The fourth-order valence-corrected chi connectivity index (χ4v) is 2.67. The normalized spacial score (nSPS) is 23.0. The highest BCUT2D eigenvalue weighted by Crippen LogP contribution is 2.25. The van der Waals surface area contributed by atoms with Crippen molar-refractivity contribution in [1.29, 1.82) is 0 Å². The second kappa shape index (κ2) is 6.17. The summed E-state index contributed by atoms with van der Waals surface area (Å²) in [5, 5.41) is 19.8. The first-order valence-electron chi connectivity index (χ1n) is 6.78. The van der Waals surface area contributed by atoms with Gasteiger partial charge < -0.3 is 5.11 Å². The minimum absolute atomic E-state index is 0.276. The summed E-state index contributed by atoms with van der Waals surface area (Å²) in [6.07, 6.45) is 1.45. The van der Waals surface area contributed by atoms with Crippen molar-refractivity contribution in [2.24, 2.45) is 5.92 Å². The van der Waals surface area contributed by atoms with Gasteiger partial charge in [0.15, 0.2) is 0 Å². The van der Waals surface area contributed by atoms with Crippen LogP contribution in [0.25, 0.3) is 0 Å². The van der Waals surface area contributed by atoms with E-state index in [1.54, 1.807) is 4.90 Å². The first-order chi connectivity index (χ1) is 9.88. The van der Waals surface area contributed by atoms with Crippen LogP contribution in [-0.2, 0) is 11.3 Å². The average Bonchev–Trinajstić information content (AvgIpc) is 2.40. The number of carbonyl (C=O) groups is 1. The predicted octanol–water partition coefficient (Wildman–Crippen LogP) is 2.42. The van der Waals surface area contributed by atoms with Gasteiger partial charge in [0.25, 0.3) is 0 Å². The number of hydrogen-bond donors (Lipinski definition) is 1. The molecule has 0 radical (unpaired) electrons. The molecule has 0 saturated carbocycles. The van der Waals surface area contributed by atoms with Gasteiger partial charge in [0.2, 0.25) is 5.82 Å². The van der Waals surface area contributed by atoms with Gasteiger partial charge in [0.1, 0.15) is 6.04 Å². The third-order valence-electron chi connectivity index (χ3n) is 3.86. The number of nitro groups is 1. The molecule has 1 aromatic carbocycles. The van der Waals surface area contributed by atoms with Crippen LogP contribution in [-0.4, -0.2) is 33.5 Å². The first-order valence-corrected chi connectivity index (χ1v) is 6.78. The van der Waals surface area contributed by atoms with Gasteiger partial charge in [0, 0.05) is 12.6 Å². The lowest BCUT2D eigenvalue weighted by Gasteiger charge is -2.35. The Morgan fingerprint density at radius 3 is 2.86 bits per heavy atom. The second-order valence-electron chi connectivity index (χ2n) is 5.50. The molecule has 0 spiro atoms. The highest BCUT2D eigenvalue weighted by molar-refractivity contribution is 5.73. The van der Waals surface area contributed by atoms with Crippen LogP contribution in [0, 0.1) is 21.8 Å². The number of piperidine rings is 1. The molecule has 2 unspecified atom stereocenters. The molecule has 1 saturated heterocycles. The van der Waals surface area contributed by atoms with Gasteiger partial charge in [-0.05, 0) is 36.9 Å². The van der Waals surface area contributed by atoms with Crippen molar-refractivity contribution in [3.8, 4) is 0 Å². The van der Waals surface area contributed by atoms with Crippen molar-refractivity contribution in [2.75, 3.05) is 6.54 Å². The molecule has 1 fully saturated rings. The van der Waals surface area contributed by atoms with Gasteiger partial charge in [-0.2, -0.15) is 4.39 Å². The van der Waals surface area contributed by atoms with Gasteiger partial charge in [-0.3, -0.25) is 19.8 Å². The van der Waals surface area contributed by atoms with E-state index in [1.807, 2.05) is 6.92 Å². The lowest BCUT2D eigenvalue weighted by atomic mass is 9.92. The first kappa shape index (κ1) is 15.4. The summed E-state index contributed by atoms with van der Waals surface area (Å²) in [5.74, 6) is -1.44. The zero-order valence-corrected chi connectivity index (χ0v) is 11.7. The fourth-order valence-electron chi connectivity index (χ4n) is 2.67. The molecule has 114 valence electrons. The number of rotatable bonds is 4. The SMILES string of the molecule is CC1CCN(Cc2ccc([N+](=O)[O-])c(F)c2)C(C(=O)O)C1. The Labute approximate surface area is 121 Å². The molecule has 1 aliphatic rings. The Hall–Kier alpha value is -2.02. The molecule has 7 heteroatoms. The highest BCUT2D eigenvalue weighted by Gasteiger charge is 2.31. The Balaban J connectivity index is 2.15. The molecular formula is C14H17FN2O4. The largest absolute Gasteiger partial charge is 0.480 e. The van der Waals surface area contributed by atoms with Crippen molar-refractivity contribution < 1.29 is 19.2 Å². The second-order valence-corrected chi connectivity index (χ2v) is 5.50. The molecule has 1 heterocycles. The van der Waals surface area contributed by atoms with Gasteiger partial charge in [-0.1, -0.05) is 13.0 Å². The molecule has 6 nitrogen and oxygen atoms in total. The Morgan fingerprint density at radius 1 is 1.57 bits per heavy atom. The number of carboxylic acids is 1. The van der Waals surface area contributed by atoms with E-state index in [2.05, 4.69) is 0 Å². The molecule has 2 rings (SSSR count). The van der Waals surface area contributed by atoms with Crippen LogP contribution in [0.4, 0.5) is 10.1 Å². The Kier molecular flexibility index (Phi) is 4.52. The summed E-state index contributed by atoms with van der Waals surface area (Å²) in [6, 6.07) is 3.10. The average molecular weight is 296 g/mol. The molecule has 0 aliphatic carbocycles. The number of likely N-dealkylation sites (tertiary alicyclic amines) is 1. The number of benzene rings is 1. The summed E-state index contributed by atoms with van der Waals surface area (Å²) in [5.41, 5.74) is -0.0281. The maximum absolute atomic E-state index is 13.6. The number of aliphatic carboxylic acids is 1. The van der Waals surface area contributed by atoms with Crippen molar-refractivity contribution >= 4 is 11.7 Å². The molecule has 1 N–H and O–H groups in total. The van der Waals surface area contributed by atoms with Gasteiger partial charge in [0.05, 0.1) is 4.92 Å². The van der Waals surface area contributed by atoms with E-state index in [9.17, 15) is 24.4 Å². The van der Waals surface area contributed by atoms with Crippen LogP contribution in [0.3, 0.4) is 0 Å². The molecule has 0 amide bonds. The van der Waals surface area contributed by atoms with Crippen LogP contribution in [0.15, 0.2) is 18.2 Å². The lowest BCUT2D eigenvalue weighted by Crippen LogP contribution is -2.46. The van der Waals surface area contributed by atoms with Gasteiger partial charge in [-0.25, -0.2) is 0 Å². The van der Waals surface area contributed by atoms with E-state index in [0.717, 1.165) is 18.6 Å². The quantitative estimate of drug-likeness (QED) is 0.681. The van der Waals surface area contributed by atoms with Crippen LogP contribution in [0.5, 0.6) is 0 Å². The van der Waals surface area contributed by atoms with Crippen LogP contribution < -0.4 is 0 Å². The van der Waals surface area contributed by atoms with Crippen LogP contribution >= 0.6 is 0 Å². The van der Waals surface area contributed by atoms with E-state index >= 15 is 0 Å². The lowest BCUT2D eigenvalue weighted by molar-refractivity contribution is -0.387. The number of hydrogen-bond acceptors (Lipinski definition) is 4. The maximum Gasteiger partial charge on any atom is 0.320 e. The monoisotopic (exact) mass is 296 g/mol. The van der Waals surface area contributed by atoms with Gasteiger partial charge in [-0.15, -0.1) is 0 Å². The van der Waals surface area contributed by atoms with E-state index < -0.39 is 28.4 Å². The van der Waals surface area contributed by atoms with E-state index in [1.165, 1.54) is 6.07 Å². The zero-order valence-electron chi connectivity index (χ0n) is 11.7. The summed E-state index contributed by atoms with van der Waals surface area (Å²) in [6.45, 7) is 2.91. The van der Waals surface area contributed by atoms with Crippen molar-refractivity contribution in [1.82, 2.24) is 4.90 Å². The third kappa shape index (κ3) is 3.55. The summed E-state index contributed by atoms with van der Waals surface area (Å²) < 4.78 is 13.6. The predicted molar refractivity (Wildman–Crippen MR) is 73.3 cm³/mol. The summed E-state index contributed by atoms with van der Waals surface area (Å²) in [7, 11) is 0. The topological polar surface area (TPSA) is 83.7 Å². The third-order valence-corrected chi connectivity index (χ3v) is 3.86. The Morgan fingerprint density at radius 2 is 2.29 bits per heavy atom. The summed E-state index contributed by atoms with van der Waals surface area (Å²) >= 11 is 0. The minimum Gasteiger partial charge on any atom is -0.480 e. The van der Waals surface area contributed by atoms with Gasteiger partial charge >= 0.3 is 11.7 Å². The van der Waals surface area contributed by atoms with E-state index in [0.29, 0.717) is 24.4 Å². The molecule has 0 aromatic heterocycles. The number of halogens is 1. The molecule has 1 aromatic rings. The van der Waals surface area contributed by atoms with Crippen molar-refractivity contribution in [3.63, 3.8) is 0 Å². The number of nitro benzene ring substituents is 1. The van der Waals surface area contributed by atoms with E-state index in [4.69, 9.17) is 0 Å². The van der Waals surface area contributed by atoms with Crippen molar-refractivity contribution in [3.05, 3.63) is 39.7 Å². The van der Waals surface area contributed by atoms with Crippen molar-refractivity contribution in [2.45, 2.75) is 32.4 Å². The fraction of sp³-hybridized carbons (Fsp3) is 0.500. The molecule has 0 bridgehead atoms. The van der Waals surface area contributed by atoms with Crippen LogP contribution in [0.1, 0.15) is 25.3 Å². The summed E-state index contributed by atoms with van der Waals surface area (Å²) in [4.78, 5) is 22.9. The highest BCUT2D eigenvalue weighted by atomic mass is 19.1. The molecule has 2 atom stereocenters.